The highest BCUT2D eigenvalue weighted by Crippen LogP contribution is 2.36. The largest absolute Gasteiger partial charge is 0.493 e. The van der Waals surface area contributed by atoms with Gasteiger partial charge in [0, 0.05) is 42.5 Å². The third kappa shape index (κ3) is 3.78. The highest BCUT2D eigenvalue weighted by Gasteiger charge is 2.36. The monoisotopic (exact) mass is 427 g/mol. The lowest BCUT2D eigenvalue weighted by Gasteiger charge is -2.36. The Hall–Kier alpha value is -2.94. The summed E-state index contributed by atoms with van der Waals surface area (Å²) in [5.74, 6) is -1.91. The van der Waals surface area contributed by atoms with Crippen LogP contribution in [0.25, 0.3) is 5.65 Å². The number of methoxy groups -OCH3 is 1. The van der Waals surface area contributed by atoms with E-state index in [4.69, 9.17) is 14.5 Å². The summed E-state index contributed by atoms with van der Waals surface area (Å²) in [5.41, 5.74) is 2.15. The predicted octanol–water partition coefficient (Wildman–Crippen LogP) is 2.88. The van der Waals surface area contributed by atoms with E-state index < -0.39 is 17.1 Å². The number of rotatable bonds is 5. The number of ether oxygens (including phenoxy) is 2. The third-order valence-electron chi connectivity index (χ3n) is 5.71. The van der Waals surface area contributed by atoms with Gasteiger partial charge in [0.1, 0.15) is 19.2 Å². The van der Waals surface area contributed by atoms with Gasteiger partial charge in [-0.05, 0) is 24.1 Å². The van der Waals surface area contributed by atoms with Crippen LogP contribution in [0.2, 0.25) is 0 Å². The molecular formula is C22H24BF2N3O3. The van der Waals surface area contributed by atoms with Crippen molar-refractivity contribution in [1.29, 1.82) is 0 Å². The van der Waals surface area contributed by atoms with Crippen LogP contribution in [0.15, 0.2) is 30.5 Å². The first-order valence-corrected chi connectivity index (χ1v) is 10.2. The molecule has 1 atom stereocenters. The van der Waals surface area contributed by atoms with Crippen LogP contribution in [-0.2, 0) is 16.8 Å². The summed E-state index contributed by atoms with van der Waals surface area (Å²) >= 11 is 0. The number of aromatic nitrogens is 2. The molecule has 6 nitrogen and oxygen atoms in total. The Morgan fingerprint density at radius 3 is 2.81 bits per heavy atom. The Bertz CT molecular complexity index is 1160. The van der Waals surface area contributed by atoms with E-state index in [1.165, 1.54) is 0 Å². The fourth-order valence-corrected chi connectivity index (χ4v) is 3.92. The van der Waals surface area contributed by atoms with Gasteiger partial charge in [0.15, 0.2) is 11.6 Å². The van der Waals surface area contributed by atoms with Crippen LogP contribution in [0, 0.1) is 11.6 Å². The second kappa shape index (κ2) is 7.96. The fraction of sp³-hybridized carbons (Fsp3) is 0.364. The molecule has 31 heavy (non-hydrogen) atoms. The molecule has 0 bridgehead atoms. The number of benzene rings is 1. The molecule has 0 spiro atoms. The normalized spacial score (nSPS) is 18.1. The van der Waals surface area contributed by atoms with Gasteiger partial charge in [0.05, 0.1) is 24.5 Å². The highest BCUT2D eigenvalue weighted by molar-refractivity contribution is 6.18. The molecule has 0 radical (unpaired) electrons. The van der Waals surface area contributed by atoms with Gasteiger partial charge in [0.2, 0.25) is 0 Å². The van der Waals surface area contributed by atoms with Gasteiger partial charge >= 0.3 is 0 Å². The Balaban J connectivity index is 1.74. The molecule has 1 aliphatic rings. The van der Waals surface area contributed by atoms with E-state index in [1.807, 2.05) is 24.3 Å². The van der Waals surface area contributed by atoms with E-state index in [0.29, 0.717) is 29.8 Å². The standard InChI is InChI=1S/C22H24BF2N3O3/c1-12(2)18-8-13(11-30-3)28-6-4-14(20(28)26-18)21(29)27-22(23)5-7-31-19-10-17(25)16(24)9-15(19)22/h4,6,8-10,12H,5,7,11,23H2,1-3H3,(H,27,29). The van der Waals surface area contributed by atoms with E-state index in [-0.39, 0.29) is 24.2 Å². The SMILES string of the molecule is BC1(NC(=O)c2ccn3c(COC)cc(C(C)C)nc23)CCOc2cc(F)c(F)cc21. The van der Waals surface area contributed by atoms with E-state index in [2.05, 4.69) is 5.32 Å². The first kappa shape index (κ1) is 21.3. The van der Waals surface area contributed by atoms with E-state index in [0.717, 1.165) is 23.5 Å². The molecule has 0 saturated carbocycles. The number of halogens is 2. The molecule has 1 N–H and O–H groups in total. The maximum absolute atomic E-state index is 13.9. The summed E-state index contributed by atoms with van der Waals surface area (Å²) in [6.07, 6.45) is 2.20. The molecule has 4 rings (SSSR count). The lowest BCUT2D eigenvalue weighted by molar-refractivity contribution is 0.0910. The molecule has 1 aliphatic heterocycles. The second-order valence-corrected chi connectivity index (χ2v) is 8.33. The van der Waals surface area contributed by atoms with Gasteiger partial charge in [-0.15, -0.1) is 0 Å². The molecule has 1 aromatic carbocycles. The summed E-state index contributed by atoms with van der Waals surface area (Å²) in [5, 5.41) is 3.00. The quantitative estimate of drug-likeness (QED) is 0.637. The van der Waals surface area contributed by atoms with Crippen LogP contribution in [0.1, 0.15) is 53.5 Å². The van der Waals surface area contributed by atoms with Crippen molar-refractivity contribution in [3.8, 4) is 5.75 Å². The average Bonchev–Trinajstić information content (AvgIpc) is 3.14. The molecule has 1 unspecified atom stereocenters. The Morgan fingerprint density at radius 1 is 1.35 bits per heavy atom. The van der Waals surface area contributed by atoms with Crippen molar-refractivity contribution in [3.63, 3.8) is 0 Å². The van der Waals surface area contributed by atoms with Crippen LogP contribution in [0.4, 0.5) is 8.78 Å². The van der Waals surface area contributed by atoms with E-state index in [9.17, 15) is 13.6 Å². The van der Waals surface area contributed by atoms with Crippen LogP contribution < -0.4 is 10.1 Å². The van der Waals surface area contributed by atoms with Crippen LogP contribution in [0.3, 0.4) is 0 Å². The molecule has 1 amide bonds. The molecule has 0 aliphatic carbocycles. The number of nitrogens with one attached hydrogen (secondary N) is 1. The second-order valence-electron chi connectivity index (χ2n) is 8.33. The molecule has 3 heterocycles. The number of nitrogens with zero attached hydrogens (tertiary/aromatic N) is 2. The first-order chi connectivity index (χ1) is 14.7. The smallest absolute Gasteiger partial charge is 0.255 e. The van der Waals surface area contributed by atoms with E-state index in [1.54, 1.807) is 27.2 Å². The van der Waals surface area contributed by atoms with Crippen molar-refractivity contribution < 1.29 is 23.0 Å². The van der Waals surface area contributed by atoms with Gasteiger partial charge in [-0.25, -0.2) is 13.8 Å². The molecular weight excluding hydrogens is 403 g/mol. The summed E-state index contributed by atoms with van der Waals surface area (Å²) in [4.78, 5) is 18.0. The molecule has 3 aromatic rings. The van der Waals surface area contributed by atoms with Crippen molar-refractivity contribution in [2.75, 3.05) is 13.7 Å². The van der Waals surface area contributed by atoms with Gasteiger partial charge < -0.3 is 19.2 Å². The van der Waals surface area contributed by atoms with E-state index >= 15 is 0 Å². The summed E-state index contributed by atoms with van der Waals surface area (Å²) in [7, 11) is 3.40. The zero-order chi connectivity index (χ0) is 22.3. The number of hydrogen-bond acceptors (Lipinski definition) is 4. The van der Waals surface area contributed by atoms with Crippen LogP contribution >= 0.6 is 0 Å². The number of carbonyl (C=O) groups is 1. The number of carbonyl (C=O) groups excluding carboxylic acids is 1. The van der Waals surface area contributed by atoms with Gasteiger partial charge in [-0.1, -0.05) is 13.8 Å². The van der Waals surface area contributed by atoms with Crippen molar-refractivity contribution in [2.24, 2.45) is 0 Å². The zero-order valence-electron chi connectivity index (χ0n) is 18.0. The van der Waals surface area contributed by atoms with Crippen molar-refractivity contribution >= 4 is 19.4 Å². The van der Waals surface area contributed by atoms with Crippen molar-refractivity contribution in [2.45, 2.75) is 38.2 Å². The molecule has 0 saturated heterocycles. The number of hydrogen-bond donors (Lipinski definition) is 1. The van der Waals surface area contributed by atoms with Gasteiger partial charge in [-0.2, -0.15) is 0 Å². The Morgan fingerprint density at radius 2 is 2.10 bits per heavy atom. The molecule has 0 fully saturated rings. The van der Waals surface area contributed by atoms with Crippen molar-refractivity contribution in [3.05, 3.63) is 64.6 Å². The summed E-state index contributed by atoms with van der Waals surface area (Å²) < 4.78 is 40.2. The summed E-state index contributed by atoms with van der Waals surface area (Å²) in [6, 6.07) is 5.79. The predicted molar refractivity (Wildman–Crippen MR) is 114 cm³/mol. The zero-order valence-corrected chi connectivity index (χ0v) is 18.0. The minimum atomic E-state index is -0.983. The highest BCUT2D eigenvalue weighted by atomic mass is 19.2. The Kier molecular flexibility index (Phi) is 5.47. The third-order valence-corrected chi connectivity index (χ3v) is 5.71. The van der Waals surface area contributed by atoms with Crippen LogP contribution in [0.5, 0.6) is 5.75 Å². The lowest BCUT2D eigenvalue weighted by atomic mass is 9.68. The Labute approximate surface area is 180 Å². The first-order valence-electron chi connectivity index (χ1n) is 10.2. The molecule has 162 valence electrons. The number of amides is 1. The van der Waals surface area contributed by atoms with Gasteiger partial charge in [0.25, 0.3) is 5.91 Å². The lowest BCUT2D eigenvalue weighted by Crippen LogP contribution is -2.49. The molecule has 2 aromatic heterocycles. The minimum Gasteiger partial charge on any atom is -0.493 e. The maximum atomic E-state index is 13.9. The minimum absolute atomic E-state index is 0.171. The fourth-order valence-electron chi connectivity index (χ4n) is 3.92. The summed E-state index contributed by atoms with van der Waals surface area (Å²) in [6.45, 7) is 4.72. The average molecular weight is 427 g/mol. The topological polar surface area (TPSA) is 64.9 Å². The maximum Gasteiger partial charge on any atom is 0.255 e. The number of fused-ring (bicyclic) bond motifs is 2. The van der Waals surface area contributed by atoms with Crippen molar-refractivity contribution in [1.82, 2.24) is 14.7 Å². The molecule has 9 heteroatoms. The van der Waals surface area contributed by atoms with Crippen LogP contribution in [-0.4, -0.2) is 36.9 Å². The van der Waals surface area contributed by atoms with Gasteiger partial charge in [-0.3, -0.25) is 4.79 Å².